The lowest BCUT2D eigenvalue weighted by molar-refractivity contribution is -0.143. The van der Waals surface area contributed by atoms with Crippen LogP contribution in [-0.2, 0) is 9.53 Å². The molecule has 152 valence electrons. The zero-order chi connectivity index (χ0) is 20.7. The highest BCUT2D eigenvalue weighted by Crippen LogP contribution is 2.33. The number of methoxy groups -OCH3 is 1. The Hall–Kier alpha value is -2.75. The fourth-order valence-electron chi connectivity index (χ4n) is 3.49. The van der Waals surface area contributed by atoms with Crippen LogP contribution in [0.1, 0.15) is 56.3 Å². The minimum Gasteiger partial charge on any atom is -0.493 e. The quantitative estimate of drug-likeness (QED) is 0.666. The van der Waals surface area contributed by atoms with Gasteiger partial charge in [0.25, 0.3) is 5.91 Å². The van der Waals surface area contributed by atoms with Gasteiger partial charge in [-0.15, -0.1) is 0 Å². The summed E-state index contributed by atoms with van der Waals surface area (Å²) in [6.45, 7) is 3.78. The van der Waals surface area contributed by atoms with Crippen molar-refractivity contribution in [3.63, 3.8) is 0 Å². The van der Waals surface area contributed by atoms with Crippen LogP contribution >= 0.6 is 0 Å². The third kappa shape index (κ3) is 4.56. The molecule has 1 aliphatic carbocycles. The van der Waals surface area contributed by atoms with Crippen molar-refractivity contribution in [2.45, 2.75) is 57.6 Å². The molecule has 28 heavy (non-hydrogen) atoms. The van der Waals surface area contributed by atoms with Gasteiger partial charge in [-0.3, -0.25) is 4.79 Å². The Morgan fingerprint density at radius 3 is 2.50 bits per heavy atom. The van der Waals surface area contributed by atoms with E-state index < -0.39 is 17.6 Å². The molecule has 0 N–H and O–H groups in total. The Morgan fingerprint density at radius 1 is 1.25 bits per heavy atom. The Morgan fingerprint density at radius 2 is 1.93 bits per heavy atom. The summed E-state index contributed by atoms with van der Waals surface area (Å²) >= 11 is 0. The summed E-state index contributed by atoms with van der Waals surface area (Å²) in [5.74, 6) is -0.0699. The molecular formula is C21H28N2O5. The van der Waals surface area contributed by atoms with Crippen molar-refractivity contribution in [2.75, 3.05) is 20.8 Å². The number of hydrogen-bond acceptors (Lipinski definition) is 6. The SMILES string of the molecule is CCOc1cc(C(=O)O[C@@H](C)C(=O)N(C)C2(C#N)CCCCC2)ccc1OC. The number of hydrogen-bond donors (Lipinski definition) is 0. The van der Waals surface area contributed by atoms with Crippen molar-refractivity contribution in [3.8, 4) is 17.6 Å². The third-order valence-corrected chi connectivity index (χ3v) is 5.19. The maximum atomic E-state index is 12.8. The second-order valence-corrected chi connectivity index (χ2v) is 6.95. The molecular weight excluding hydrogens is 360 g/mol. The van der Waals surface area contributed by atoms with Gasteiger partial charge < -0.3 is 19.1 Å². The zero-order valence-electron chi connectivity index (χ0n) is 17.0. The van der Waals surface area contributed by atoms with Gasteiger partial charge in [0, 0.05) is 7.05 Å². The highest BCUT2D eigenvalue weighted by molar-refractivity contribution is 5.93. The molecule has 1 amide bonds. The van der Waals surface area contributed by atoms with Gasteiger partial charge in [-0.2, -0.15) is 5.26 Å². The van der Waals surface area contributed by atoms with Crippen LogP contribution in [0.15, 0.2) is 18.2 Å². The second kappa shape index (κ2) is 9.45. The van der Waals surface area contributed by atoms with Crippen molar-refractivity contribution in [1.29, 1.82) is 5.26 Å². The molecule has 7 nitrogen and oxygen atoms in total. The van der Waals surface area contributed by atoms with Crippen molar-refractivity contribution in [1.82, 2.24) is 4.90 Å². The van der Waals surface area contributed by atoms with Crippen LogP contribution in [0.25, 0.3) is 0 Å². The van der Waals surface area contributed by atoms with Crippen molar-refractivity contribution < 1.29 is 23.8 Å². The van der Waals surface area contributed by atoms with Gasteiger partial charge in [0.05, 0.1) is 25.3 Å². The maximum absolute atomic E-state index is 12.8. The molecule has 1 fully saturated rings. The summed E-state index contributed by atoms with van der Waals surface area (Å²) in [6, 6.07) is 7.01. The lowest BCUT2D eigenvalue weighted by Gasteiger charge is -2.39. The minimum atomic E-state index is -0.998. The number of benzene rings is 1. The van der Waals surface area contributed by atoms with Gasteiger partial charge in [0.15, 0.2) is 17.6 Å². The molecule has 1 aliphatic rings. The fourth-order valence-corrected chi connectivity index (χ4v) is 3.49. The Bertz CT molecular complexity index is 750. The highest BCUT2D eigenvalue weighted by Gasteiger charge is 2.40. The number of amides is 1. The molecule has 0 aliphatic heterocycles. The number of nitriles is 1. The number of likely N-dealkylation sites (N-methyl/N-ethyl adjacent to an activating group) is 1. The number of esters is 1. The van der Waals surface area contributed by atoms with Gasteiger partial charge >= 0.3 is 5.97 Å². The fraction of sp³-hybridized carbons (Fsp3) is 0.571. The molecule has 0 radical (unpaired) electrons. The molecule has 0 heterocycles. The van der Waals surface area contributed by atoms with Crippen molar-refractivity contribution in [2.24, 2.45) is 0 Å². The summed E-state index contributed by atoms with van der Waals surface area (Å²) in [4.78, 5) is 26.8. The molecule has 1 saturated carbocycles. The number of nitrogens with zero attached hydrogens (tertiary/aromatic N) is 2. The Balaban J connectivity index is 2.10. The van der Waals surface area contributed by atoms with Gasteiger partial charge in [0.1, 0.15) is 5.54 Å². The Kier molecular flexibility index (Phi) is 7.27. The molecule has 1 aromatic rings. The summed E-state index contributed by atoms with van der Waals surface area (Å²) < 4.78 is 16.0. The monoisotopic (exact) mass is 388 g/mol. The number of carbonyl (C=O) groups is 2. The first-order valence-electron chi connectivity index (χ1n) is 9.59. The van der Waals surface area contributed by atoms with Crippen LogP contribution in [0.2, 0.25) is 0 Å². The molecule has 2 rings (SSSR count). The lowest BCUT2D eigenvalue weighted by atomic mass is 9.81. The predicted molar refractivity (Wildman–Crippen MR) is 103 cm³/mol. The minimum absolute atomic E-state index is 0.263. The van der Waals surface area contributed by atoms with Crippen LogP contribution in [0.3, 0.4) is 0 Å². The predicted octanol–water partition coefficient (Wildman–Crippen LogP) is 3.32. The zero-order valence-corrected chi connectivity index (χ0v) is 17.0. The van der Waals surface area contributed by atoms with Crippen LogP contribution < -0.4 is 9.47 Å². The van der Waals surface area contributed by atoms with E-state index in [1.807, 2.05) is 6.92 Å². The average molecular weight is 388 g/mol. The van der Waals surface area contributed by atoms with E-state index in [0.717, 1.165) is 19.3 Å². The van der Waals surface area contributed by atoms with Gasteiger partial charge in [-0.1, -0.05) is 19.3 Å². The van der Waals surface area contributed by atoms with Crippen LogP contribution in [-0.4, -0.2) is 49.2 Å². The smallest absolute Gasteiger partial charge is 0.339 e. The van der Waals surface area contributed by atoms with Crippen LogP contribution in [0, 0.1) is 11.3 Å². The summed E-state index contributed by atoms with van der Waals surface area (Å²) in [5, 5.41) is 9.66. The summed E-state index contributed by atoms with van der Waals surface area (Å²) in [7, 11) is 3.13. The first-order valence-corrected chi connectivity index (χ1v) is 9.59. The van der Waals surface area contributed by atoms with Gasteiger partial charge in [-0.05, 0) is 44.9 Å². The molecule has 1 atom stereocenters. The summed E-state index contributed by atoms with van der Waals surface area (Å²) in [6.07, 6.45) is 3.17. The number of rotatable bonds is 7. The molecule has 0 bridgehead atoms. The van der Waals surface area contributed by atoms with E-state index in [9.17, 15) is 14.9 Å². The highest BCUT2D eigenvalue weighted by atomic mass is 16.5. The Labute approximate surface area is 166 Å². The summed E-state index contributed by atoms with van der Waals surface area (Å²) in [5.41, 5.74) is -0.558. The van der Waals surface area contributed by atoms with Crippen LogP contribution in [0.4, 0.5) is 0 Å². The average Bonchev–Trinajstić information content (AvgIpc) is 2.73. The molecule has 0 unspecified atom stereocenters. The molecule has 0 aromatic heterocycles. The van der Waals surface area contributed by atoms with E-state index in [2.05, 4.69) is 6.07 Å². The molecule has 0 spiro atoms. The number of ether oxygens (including phenoxy) is 3. The normalized spacial score (nSPS) is 16.4. The van der Waals surface area contributed by atoms with Crippen molar-refractivity contribution >= 4 is 11.9 Å². The molecule has 7 heteroatoms. The molecule has 0 saturated heterocycles. The van der Waals surface area contributed by atoms with Gasteiger partial charge in [-0.25, -0.2) is 4.79 Å². The van der Waals surface area contributed by atoms with Gasteiger partial charge in [0.2, 0.25) is 0 Å². The van der Waals surface area contributed by atoms with E-state index >= 15 is 0 Å². The van der Waals surface area contributed by atoms with E-state index in [1.54, 1.807) is 19.2 Å². The maximum Gasteiger partial charge on any atom is 0.339 e. The van der Waals surface area contributed by atoms with E-state index in [1.165, 1.54) is 25.0 Å². The standard InChI is InChI=1S/C21H28N2O5/c1-5-27-18-13-16(9-10-17(18)26-4)20(25)28-15(2)19(24)23(3)21(14-22)11-7-6-8-12-21/h9-10,13,15H,5-8,11-12H2,1-4H3/t15-/m0/s1. The van der Waals surface area contributed by atoms with E-state index in [0.29, 0.717) is 30.9 Å². The van der Waals surface area contributed by atoms with E-state index in [4.69, 9.17) is 14.2 Å². The number of carbonyl (C=O) groups excluding carboxylic acids is 2. The topological polar surface area (TPSA) is 88.9 Å². The molecule has 1 aromatic carbocycles. The first kappa shape index (κ1) is 21.5. The first-order chi connectivity index (χ1) is 13.4. The van der Waals surface area contributed by atoms with Crippen LogP contribution in [0.5, 0.6) is 11.5 Å². The largest absolute Gasteiger partial charge is 0.493 e. The van der Waals surface area contributed by atoms with Crippen molar-refractivity contribution in [3.05, 3.63) is 23.8 Å². The lowest BCUT2D eigenvalue weighted by Crippen LogP contribution is -2.53. The third-order valence-electron chi connectivity index (χ3n) is 5.19. The second-order valence-electron chi connectivity index (χ2n) is 6.95. The van der Waals surface area contributed by atoms with E-state index in [-0.39, 0.29) is 11.5 Å².